The first kappa shape index (κ1) is 23.3. The van der Waals surface area contributed by atoms with Crippen LogP contribution in [0.15, 0.2) is 54.6 Å². The number of carboxylic acids is 1. The average molecular weight is 476 g/mol. The summed E-state index contributed by atoms with van der Waals surface area (Å²) in [6.07, 6.45) is 0. The smallest absolute Gasteiger partial charge is 0.317 e. The average Bonchev–Trinajstić information content (AvgIpc) is 3.16. The van der Waals surface area contributed by atoms with Gasteiger partial charge in [-0.3, -0.25) is 9.69 Å². The fraction of sp³-hybridized carbons (Fsp3) is 0.240. The number of nitrogens with zero attached hydrogens (tertiary/aromatic N) is 1. The fourth-order valence-electron chi connectivity index (χ4n) is 4.44. The summed E-state index contributed by atoms with van der Waals surface area (Å²) in [5, 5.41) is 9.84. The first-order valence-electron chi connectivity index (χ1n) is 10.2. The number of carboxylic acid groups (broad SMARTS) is 1. The van der Waals surface area contributed by atoms with Gasteiger partial charge in [0.15, 0.2) is 17.5 Å². The molecule has 0 radical (unpaired) electrons. The fourth-order valence-corrected chi connectivity index (χ4v) is 4.57. The van der Waals surface area contributed by atoms with E-state index in [0.29, 0.717) is 10.6 Å². The standard InChI is InChI=1S/C25H21ClF3NO3/c1-14(30(2)12-22(31)32)25(17-4-6-18(26)7-5-17)20-9-3-15(11-16(20)13-33-25)19-8-10-21(27)24(29)23(19)28/h3-11,14H,12-13H2,1-2H3,(H,31,32). The molecule has 4 nitrogen and oxygen atoms in total. The number of rotatable bonds is 6. The zero-order chi connectivity index (χ0) is 23.9. The SMILES string of the molecule is CC(N(C)CC(=O)O)C1(c2ccc(Cl)cc2)OCc2cc(-c3ccc(F)c(F)c3F)ccc21. The van der Waals surface area contributed by atoms with Gasteiger partial charge >= 0.3 is 5.97 Å². The highest BCUT2D eigenvalue weighted by Gasteiger charge is 2.48. The van der Waals surface area contributed by atoms with Crippen molar-refractivity contribution in [2.24, 2.45) is 0 Å². The van der Waals surface area contributed by atoms with Crippen LogP contribution in [0.5, 0.6) is 0 Å². The molecule has 0 saturated heterocycles. The summed E-state index contributed by atoms with van der Waals surface area (Å²) in [4.78, 5) is 13.0. The predicted octanol–water partition coefficient (Wildman–Crippen LogP) is 5.60. The Bertz CT molecular complexity index is 1220. The van der Waals surface area contributed by atoms with Gasteiger partial charge in [0.05, 0.1) is 13.2 Å². The third-order valence-corrected chi connectivity index (χ3v) is 6.47. The molecule has 8 heteroatoms. The number of carbonyl (C=O) groups is 1. The molecule has 4 rings (SSSR count). The molecule has 3 aromatic carbocycles. The van der Waals surface area contributed by atoms with Crippen LogP contribution in [0.25, 0.3) is 11.1 Å². The van der Waals surface area contributed by atoms with E-state index < -0.39 is 35.1 Å². The van der Waals surface area contributed by atoms with Crippen molar-refractivity contribution in [2.45, 2.75) is 25.2 Å². The van der Waals surface area contributed by atoms with Crippen LogP contribution in [0.3, 0.4) is 0 Å². The van der Waals surface area contributed by atoms with Crippen molar-refractivity contribution in [3.8, 4) is 11.1 Å². The summed E-state index contributed by atoms with van der Waals surface area (Å²) in [6, 6.07) is 13.9. The van der Waals surface area contributed by atoms with Gasteiger partial charge in [-0.15, -0.1) is 0 Å². The summed E-state index contributed by atoms with van der Waals surface area (Å²) in [7, 11) is 1.70. The van der Waals surface area contributed by atoms with Crippen LogP contribution in [-0.4, -0.2) is 35.6 Å². The molecule has 2 atom stereocenters. The Morgan fingerprint density at radius 3 is 2.48 bits per heavy atom. The maximum absolute atomic E-state index is 14.4. The van der Waals surface area contributed by atoms with Crippen molar-refractivity contribution >= 4 is 17.6 Å². The van der Waals surface area contributed by atoms with Crippen molar-refractivity contribution in [1.29, 1.82) is 0 Å². The van der Waals surface area contributed by atoms with Gasteiger partial charge in [0.2, 0.25) is 0 Å². The van der Waals surface area contributed by atoms with E-state index in [9.17, 15) is 23.1 Å². The molecule has 1 aliphatic rings. The highest BCUT2D eigenvalue weighted by molar-refractivity contribution is 6.30. The van der Waals surface area contributed by atoms with E-state index in [2.05, 4.69) is 0 Å². The molecule has 2 unspecified atom stereocenters. The number of halogens is 4. The van der Waals surface area contributed by atoms with Crippen LogP contribution in [0.4, 0.5) is 13.2 Å². The summed E-state index contributed by atoms with van der Waals surface area (Å²) < 4.78 is 47.9. The molecule has 0 amide bonds. The molecule has 172 valence electrons. The molecular weight excluding hydrogens is 455 g/mol. The molecule has 0 aromatic heterocycles. The minimum atomic E-state index is -1.52. The zero-order valence-electron chi connectivity index (χ0n) is 17.9. The number of fused-ring (bicyclic) bond motifs is 1. The van der Waals surface area contributed by atoms with Gasteiger partial charge in [0, 0.05) is 16.6 Å². The third kappa shape index (κ3) is 4.01. The quantitative estimate of drug-likeness (QED) is 0.471. The lowest BCUT2D eigenvalue weighted by molar-refractivity contribution is -0.140. The Morgan fingerprint density at radius 2 is 1.82 bits per heavy atom. The second kappa shape index (κ2) is 8.82. The van der Waals surface area contributed by atoms with E-state index in [1.54, 1.807) is 42.3 Å². The highest BCUT2D eigenvalue weighted by Crippen LogP contribution is 2.47. The largest absolute Gasteiger partial charge is 0.480 e. The Morgan fingerprint density at radius 1 is 1.12 bits per heavy atom. The van der Waals surface area contributed by atoms with Crippen LogP contribution in [0.2, 0.25) is 5.02 Å². The topological polar surface area (TPSA) is 49.8 Å². The maximum atomic E-state index is 14.4. The van der Waals surface area contributed by atoms with Crippen LogP contribution in [0, 0.1) is 17.5 Å². The van der Waals surface area contributed by atoms with Gasteiger partial charge in [0.1, 0.15) is 5.60 Å². The van der Waals surface area contributed by atoms with Gasteiger partial charge in [-0.25, -0.2) is 13.2 Å². The Labute approximate surface area is 194 Å². The Balaban J connectivity index is 1.84. The van der Waals surface area contributed by atoms with Crippen LogP contribution in [-0.2, 0) is 21.7 Å². The van der Waals surface area contributed by atoms with Crippen molar-refractivity contribution in [2.75, 3.05) is 13.6 Å². The number of hydrogen-bond donors (Lipinski definition) is 1. The first-order chi connectivity index (χ1) is 15.6. The minimum Gasteiger partial charge on any atom is -0.480 e. The predicted molar refractivity (Wildman–Crippen MR) is 119 cm³/mol. The van der Waals surface area contributed by atoms with Gasteiger partial charge in [0.25, 0.3) is 0 Å². The summed E-state index contributed by atoms with van der Waals surface area (Å²) in [5.41, 5.74) is 1.60. The van der Waals surface area contributed by atoms with E-state index in [1.165, 1.54) is 6.07 Å². The molecule has 1 N–H and O–H groups in total. The second-order valence-corrected chi connectivity index (χ2v) is 8.55. The Hall–Kier alpha value is -2.87. The highest BCUT2D eigenvalue weighted by atomic mass is 35.5. The lowest BCUT2D eigenvalue weighted by Crippen LogP contribution is -2.49. The van der Waals surface area contributed by atoms with Gasteiger partial charge in [-0.05, 0) is 66.6 Å². The van der Waals surface area contributed by atoms with Crippen molar-refractivity contribution in [3.63, 3.8) is 0 Å². The van der Waals surface area contributed by atoms with Crippen molar-refractivity contribution in [1.82, 2.24) is 4.90 Å². The lowest BCUT2D eigenvalue weighted by atomic mass is 9.79. The van der Waals surface area contributed by atoms with Crippen molar-refractivity contribution < 1.29 is 27.8 Å². The molecule has 0 spiro atoms. The molecule has 3 aromatic rings. The number of benzene rings is 3. The first-order valence-corrected chi connectivity index (χ1v) is 10.6. The molecule has 1 heterocycles. The monoisotopic (exact) mass is 475 g/mol. The number of ether oxygens (including phenoxy) is 1. The number of likely N-dealkylation sites (N-methyl/N-ethyl adjacent to an activating group) is 1. The summed E-state index contributed by atoms with van der Waals surface area (Å²) in [5.74, 6) is -5.01. The van der Waals surface area contributed by atoms with Crippen molar-refractivity contribution in [3.05, 3.63) is 93.8 Å². The summed E-state index contributed by atoms with van der Waals surface area (Å²) in [6.45, 7) is 1.84. The molecule has 0 saturated carbocycles. The summed E-state index contributed by atoms with van der Waals surface area (Å²) >= 11 is 6.08. The Kier molecular flexibility index (Phi) is 6.22. The van der Waals surface area contributed by atoms with E-state index in [1.807, 2.05) is 19.1 Å². The van der Waals surface area contributed by atoms with Gasteiger partial charge in [-0.1, -0.05) is 35.9 Å². The molecule has 0 fully saturated rings. The van der Waals surface area contributed by atoms with Gasteiger partial charge in [-0.2, -0.15) is 0 Å². The van der Waals surface area contributed by atoms with E-state index >= 15 is 0 Å². The van der Waals surface area contributed by atoms with E-state index in [-0.39, 0.29) is 18.7 Å². The van der Waals surface area contributed by atoms with E-state index in [4.69, 9.17) is 16.3 Å². The van der Waals surface area contributed by atoms with E-state index in [0.717, 1.165) is 22.8 Å². The number of aliphatic carboxylic acids is 1. The molecule has 33 heavy (non-hydrogen) atoms. The lowest BCUT2D eigenvalue weighted by Gasteiger charge is -2.40. The third-order valence-electron chi connectivity index (χ3n) is 6.21. The molecular formula is C25H21ClF3NO3. The van der Waals surface area contributed by atoms with Crippen LogP contribution in [0.1, 0.15) is 23.6 Å². The second-order valence-electron chi connectivity index (χ2n) is 8.11. The maximum Gasteiger partial charge on any atom is 0.317 e. The normalized spacial score (nSPS) is 18.4. The molecule has 0 aliphatic carbocycles. The molecule has 0 bridgehead atoms. The number of hydrogen-bond acceptors (Lipinski definition) is 3. The van der Waals surface area contributed by atoms with Crippen LogP contribution < -0.4 is 0 Å². The zero-order valence-corrected chi connectivity index (χ0v) is 18.7. The van der Waals surface area contributed by atoms with Gasteiger partial charge < -0.3 is 9.84 Å². The van der Waals surface area contributed by atoms with Crippen LogP contribution >= 0.6 is 11.6 Å². The minimum absolute atomic E-state index is 0.0586. The molecule has 1 aliphatic heterocycles.